The molecule has 0 aromatic heterocycles. The molecule has 0 bridgehead atoms. The maximum absolute atomic E-state index is 12.5. The minimum absolute atomic E-state index is 0.267. The van der Waals surface area contributed by atoms with Crippen molar-refractivity contribution < 1.29 is 9.53 Å². The van der Waals surface area contributed by atoms with E-state index < -0.39 is 0 Å². The molecular formula is C18H24ClNO2. The van der Waals surface area contributed by atoms with Gasteiger partial charge in [-0.2, -0.15) is 0 Å². The minimum Gasteiger partial charge on any atom is -0.495 e. The topological polar surface area (TPSA) is 29.5 Å². The first-order valence-electron chi connectivity index (χ1n) is 7.97. The van der Waals surface area contributed by atoms with Gasteiger partial charge in [0.2, 0.25) is 5.91 Å². The number of methoxy groups -OCH3 is 1. The van der Waals surface area contributed by atoms with E-state index in [9.17, 15) is 4.79 Å². The summed E-state index contributed by atoms with van der Waals surface area (Å²) in [5, 5.41) is 0.603. The molecule has 2 fully saturated rings. The molecule has 2 aliphatic rings. The standard InChI is InChI=1S/C18H24ClNO2/c1-17-8-9-18(17,2)12-20(11-17)16(21)7-5-13-4-6-15(22-3)14(19)10-13/h4,6,10H,5,7-9,11-12H2,1-3H3/t17-,18+. The number of halogens is 1. The van der Waals surface area contributed by atoms with Gasteiger partial charge in [0, 0.05) is 19.5 Å². The molecule has 1 saturated carbocycles. The van der Waals surface area contributed by atoms with Crippen LogP contribution in [-0.2, 0) is 11.2 Å². The third kappa shape index (κ3) is 2.50. The number of nitrogens with zero attached hydrogens (tertiary/aromatic N) is 1. The second-order valence-electron chi connectivity index (χ2n) is 7.34. The van der Waals surface area contributed by atoms with Crippen LogP contribution in [0.1, 0.15) is 38.7 Å². The monoisotopic (exact) mass is 321 g/mol. The van der Waals surface area contributed by atoms with Gasteiger partial charge in [0.1, 0.15) is 5.75 Å². The van der Waals surface area contributed by atoms with E-state index in [1.807, 2.05) is 18.2 Å². The quantitative estimate of drug-likeness (QED) is 0.841. The Hall–Kier alpha value is -1.22. The van der Waals surface area contributed by atoms with Crippen molar-refractivity contribution in [1.29, 1.82) is 0 Å². The Bertz CT molecular complexity index is 585. The predicted octanol–water partition coefficient (Wildman–Crippen LogP) is 3.93. The van der Waals surface area contributed by atoms with Crippen molar-refractivity contribution >= 4 is 17.5 Å². The number of carbonyl (C=O) groups excluding carboxylic acids is 1. The second-order valence-corrected chi connectivity index (χ2v) is 7.75. The van der Waals surface area contributed by atoms with E-state index >= 15 is 0 Å². The molecule has 0 unspecified atom stereocenters. The summed E-state index contributed by atoms with van der Waals surface area (Å²) in [5.74, 6) is 0.942. The number of rotatable bonds is 4. The van der Waals surface area contributed by atoms with Gasteiger partial charge in [-0.25, -0.2) is 0 Å². The lowest BCUT2D eigenvalue weighted by Crippen LogP contribution is -2.45. The molecule has 0 spiro atoms. The van der Waals surface area contributed by atoms with E-state index in [0.717, 1.165) is 25.1 Å². The van der Waals surface area contributed by atoms with Crippen molar-refractivity contribution in [2.45, 2.75) is 39.5 Å². The Balaban J connectivity index is 1.58. The lowest BCUT2D eigenvalue weighted by Gasteiger charge is -2.50. The Labute approximate surface area is 137 Å². The first kappa shape index (κ1) is 15.7. The molecule has 1 aromatic carbocycles. The van der Waals surface area contributed by atoms with Gasteiger partial charge < -0.3 is 9.64 Å². The number of hydrogen-bond acceptors (Lipinski definition) is 2. The smallest absolute Gasteiger partial charge is 0.222 e. The molecule has 1 aliphatic carbocycles. The van der Waals surface area contributed by atoms with Crippen molar-refractivity contribution in [2.24, 2.45) is 10.8 Å². The third-order valence-electron chi connectivity index (χ3n) is 5.96. The van der Waals surface area contributed by atoms with Crippen LogP contribution in [0.25, 0.3) is 0 Å². The minimum atomic E-state index is 0.267. The van der Waals surface area contributed by atoms with Gasteiger partial charge in [-0.3, -0.25) is 4.79 Å². The van der Waals surface area contributed by atoms with E-state index in [-0.39, 0.29) is 5.91 Å². The molecule has 0 radical (unpaired) electrons. The predicted molar refractivity (Wildman–Crippen MR) is 88.4 cm³/mol. The van der Waals surface area contributed by atoms with E-state index in [1.54, 1.807) is 7.11 Å². The van der Waals surface area contributed by atoms with Crippen molar-refractivity contribution in [3.63, 3.8) is 0 Å². The van der Waals surface area contributed by atoms with Gasteiger partial charge in [-0.05, 0) is 47.8 Å². The highest BCUT2D eigenvalue weighted by atomic mass is 35.5. The number of hydrogen-bond donors (Lipinski definition) is 0. The molecule has 1 aliphatic heterocycles. The van der Waals surface area contributed by atoms with Crippen LogP contribution < -0.4 is 4.74 Å². The molecule has 0 N–H and O–H groups in total. The number of ether oxygens (including phenoxy) is 1. The van der Waals surface area contributed by atoms with Gasteiger partial charge in [0.25, 0.3) is 0 Å². The summed E-state index contributed by atoms with van der Waals surface area (Å²) in [5.41, 5.74) is 1.76. The third-order valence-corrected chi connectivity index (χ3v) is 6.26. The molecule has 1 saturated heterocycles. The maximum Gasteiger partial charge on any atom is 0.222 e. The first-order chi connectivity index (χ1) is 10.4. The van der Waals surface area contributed by atoms with Crippen LogP contribution in [0.2, 0.25) is 5.02 Å². The average molecular weight is 322 g/mol. The van der Waals surface area contributed by atoms with Gasteiger partial charge in [-0.1, -0.05) is 31.5 Å². The largest absolute Gasteiger partial charge is 0.495 e. The van der Waals surface area contributed by atoms with Crippen LogP contribution in [0, 0.1) is 10.8 Å². The molecule has 3 nitrogen and oxygen atoms in total. The van der Waals surface area contributed by atoms with Crippen molar-refractivity contribution in [1.82, 2.24) is 4.90 Å². The fourth-order valence-corrected chi connectivity index (χ4v) is 4.15. The highest BCUT2D eigenvalue weighted by Gasteiger charge is 2.58. The van der Waals surface area contributed by atoms with E-state index in [0.29, 0.717) is 28.0 Å². The summed E-state index contributed by atoms with van der Waals surface area (Å²) in [6.45, 7) is 6.50. The fraction of sp³-hybridized carbons (Fsp3) is 0.611. The van der Waals surface area contributed by atoms with Gasteiger partial charge in [-0.15, -0.1) is 0 Å². The summed E-state index contributed by atoms with van der Waals surface area (Å²) in [7, 11) is 1.60. The van der Waals surface area contributed by atoms with Gasteiger partial charge in [0.15, 0.2) is 0 Å². The van der Waals surface area contributed by atoms with Crippen molar-refractivity contribution in [2.75, 3.05) is 20.2 Å². The van der Waals surface area contributed by atoms with Crippen molar-refractivity contribution in [3.8, 4) is 5.75 Å². The zero-order chi connectivity index (χ0) is 16.0. The fourth-order valence-electron chi connectivity index (χ4n) is 3.87. The zero-order valence-electron chi connectivity index (χ0n) is 13.6. The van der Waals surface area contributed by atoms with Crippen LogP contribution in [-0.4, -0.2) is 31.0 Å². The van der Waals surface area contributed by atoms with E-state index in [2.05, 4.69) is 18.7 Å². The van der Waals surface area contributed by atoms with Crippen LogP contribution in [0.5, 0.6) is 5.75 Å². The first-order valence-corrected chi connectivity index (χ1v) is 8.35. The molecule has 22 heavy (non-hydrogen) atoms. The highest BCUT2D eigenvalue weighted by molar-refractivity contribution is 6.32. The number of likely N-dealkylation sites (tertiary alicyclic amines) is 1. The zero-order valence-corrected chi connectivity index (χ0v) is 14.4. The van der Waals surface area contributed by atoms with E-state index in [1.165, 1.54) is 12.8 Å². The van der Waals surface area contributed by atoms with Crippen molar-refractivity contribution in [3.05, 3.63) is 28.8 Å². The molecular weight excluding hydrogens is 298 g/mol. The summed E-state index contributed by atoms with van der Waals surface area (Å²) in [6, 6.07) is 5.73. The molecule has 1 heterocycles. The average Bonchev–Trinajstić information content (AvgIpc) is 2.67. The lowest BCUT2D eigenvalue weighted by molar-refractivity contribution is -0.130. The highest BCUT2D eigenvalue weighted by Crippen LogP contribution is 2.60. The van der Waals surface area contributed by atoms with Crippen LogP contribution in [0.4, 0.5) is 0 Å². The Morgan fingerprint density at radius 3 is 2.41 bits per heavy atom. The molecule has 3 rings (SSSR count). The summed E-state index contributed by atoms with van der Waals surface area (Å²) in [4.78, 5) is 14.6. The lowest BCUT2D eigenvalue weighted by atomic mass is 9.53. The summed E-state index contributed by atoms with van der Waals surface area (Å²) < 4.78 is 5.15. The Kier molecular flexibility index (Phi) is 3.88. The molecule has 4 heteroatoms. The second kappa shape index (κ2) is 5.45. The molecule has 1 aromatic rings. The summed E-state index contributed by atoms with van der Waals surface area (Å²) >= 11 is 6.13. The van der Waals surface area contributed by atoms with Crippen LogP contribution in [0.15, 0.2) is 18.2 Å². The molecule has 2 atom stereocenters. The van der Waals surface area contributed by atoms with Gasteiger partial charge in [0.05, 0.1) is 12.1 Å². The normalized spacial score (nSPS) is 29.9. The summed E-state index contributed by atoms with van der Waals surface area (Å²) in [6.07, 6.45) is 3.78. The Morgan fingerprint density at radius 2 is 1.91 bits per heavy atom. The van der Waals surface area contributed by atoms with E-state index in [4.69, 9.17) is 16.3 Å². The molecule has 1 amide bonds. The number of amides is 1. The number of aryl methyl sites for hydroxylation is 1. The van der Waals surface area contributed by atoms with Crippen LogP contribution >= 0.6 is 11.6 Å². The van der Waals surface area contributed by atoms with Gasteiger partial charge >= 0.3 is 0 Å². The SMILES string of the molecule is COc1ccc(CCC(=O)N2C[C@]3(C)CC[C@]3(C)C2)cc1Cl. The number of carbonyl (C=O) groups is 1. The Morgan fingerprint density at radius 1 is 1.27 bits per heavy atom. The number of fused-ring (bicyclic) bond motifs is 1. The molecule has 120 valence electrons. The maximum atomic E-state index is 12.5. The van der Waals surface area contributed by atoms with Crippen LogP contribution in [0.3, 0.4) is 0 Å². The number of benzene rings is 1.